The Balaban J connectivity index is 1.33. The first-order valence-electron chi connectivity index (χ1n) is 9.65. The summed E-state index contributed by atoms with van der Waals surface area (Å²) >= 11 is 0. The van der Waals surface area contributed by atoms with E-state index in [2.05, 4.69) is 5.10 Å². The summed E-state index contributed by atoms with van der Waals surface area (Å²) < 4.78 is 8.94. The van der Waals surface area contributed by atoms with Gasteiger partial charge in [0, 0.05) is 32.1 Å². The van der Waals surface area contributed by atoms with Gasteiger partial charge < -0.3 is 9.64 Å². The molecule has 144 valence electrons. The molecule has 2 fully saturated rings. The van der Waals surface area contributed by atoms with Crippen LogP contribution in [0.4, 0.5) is 0 Å². The number of hydrogen-bond acceptors (Lipinski definition) is 4. The molecular weight excluding hydrogens is 344 g/mol. The fourth-order valence-electron chi connectivity index (χ4n) is 3.71. The number of aromatic nitrogens is 3. The number of hydrogen-bond donors (Lipinski definition) is 0. The van der Waals surface area contributed by atoms with Crippen LogP contribution in [0.25, 0.3) is 0 Å². The molecule has 7 heteroatoms. The van der Waals surface area contributed by atoms with E-state index in [1.165, 1.54) is 4.68 Å². The van der Waals surface area contributed by atoms with Gasteiger partial charge in [-0.2, -0.15) is 5.10 Å². The van der Waals surface area contributed by atoms with Crippen molar-refractivity contribution in [2.24, 2.45) is 7.05 Å². The second-order valence-electron chi connectivity index (χ2n) is 7.62. The number of carbonyl (C=O) groups is 1. The van der Waals surface area contributed by atoms with Gasteiger partial charge in [-0.25, -0.2) is 9.48 Å². The molecule has 2 aromatic rings. The molecule has 1 saturated heterocycles. The summed E-state index contributed by atoms with van der Waals surface area (Å²) in [7, 11) is 1.71. The van der Waals surface area contributed by atoms with Crippen molar-refractivity contribution in [2.75, 3.05) is 19.7 Å². The van der Waals surface area contributed by atoms with E-state index in [1.807, 2.05) is 40.7 Å². The van der Waals surface area contributed by atoms with Crippen LogP contribution in [0.2, 0.25) is 0 Å². The zero-order valence-corrected chi connectivity index (χ0v) is 15.9. The Morgan fingerprint density at radius 3 is 2.44 bits per heavy atom. The van der Waals surface area contributed by atoms with Crippen molar-refractivity contribution < 1.29 is 9.53 Å². The first-order valence-corrected chi connectivity index (χ1v) is 9.65. The summed E-state index contributed by atoms with van der Waals surface area (Å²) in [6.45, 7) is 3.43. The maximum absolute atomic E-state index is 12.5. The molecule has 2 heterocycles. The third-order valence-electron chi connectivity index (χ3n) is 5.49. The van der Waals surface area contributed by atoms with Crippen LogP contribution in [0.1, 0.15) is 49.0 Å². The van der Waals surface area contributed by atoms with Gasteiger partial charge in [-0.1, -0.05) is 17.7 Å². The number of carbonyl (C=O) groups excluding carboxylic acids is 1. The number of benzene rings is 1. The number of ether oxygens (including phenoxy) is 1. The molecule has 7 nitrogen and oxygen atoms in total. The van der Waals surface area contributed by atoms with Crippen LogP contribution in [0, 0.1) is 6.92 Å². The van der Waals surface area contributed by atoms with Crippen molar-refractivity contribution in [1.29, 1.82) is 0 Å². The summed E-state index contributed by atoms with van der Waals surface area (Å²) in [4.78, 5) is 26.6. The molecule has 0 bridgehead atoms. The second-order valence-corrected chi connectivity index (χ2v) is 7.62. The van der Waals surface area contributed by atoms with Crippen molar-refractivity contribution in [3.05, 3.63) is 46.1 Å². The topological polar surface area (TPSA) is 69.4 Å². The molecule has 1 aliphatic carbocycles. The van der Waals surface area contributed by atoms with Crippen LogP contribution < -0.4 is 10.4 Å². The van der Waals surface area contributed by atoms with Gasteiger partial charge in [0.1, 0.15) is 11.6 Å². The highest BCUT2D eigenvalue weighted by Gasteiger charge is 2.34. The molecule has 1 aromatic carbocycles. The zero-order valence-electron chi connectivity index (χ0n) is 15.9. The second kappa shape index (κ2) is 7.21. The standard InChI is InChI=1S/C20H26N4O3/c1-14-3-7-17(8-4-14)27-13-18(25)23-11-9-15(10-12-23)19-21-22(2)20(26)24(19)16-5-6-16/h3-4,7-8,15-16H,5-6,9-13H2,1-2H3. The maximum atomic E-state index is 12.5. The minimum absolute atomic E-state index is 0.00892. The van der Waals surface area contributed by atoms with E-state index in [1.54, 1.807) is 7.05 Å². The van der Waals surface area contributed by atoms with Crippen LogP contribution in [-0.2, 0) is 11.8 Å². The lowest BCUT2D eigenvalue weighted by Crippen LogP contribution is -2.41. The first kappa shape index (κ1) is 17.8. The van der Waals surface area contributed by atoms with Gasteiger partial charge in [0.15, 0.2) is 6.61 Å². The molecular formula is C20H26N4O3. The average molecular weight is 370 g/mol. The molecule has 0 atom stereocenters. The fourth-order valence-corrected chi connectivity index (χ4v) is 3.71. The van der Waals surface area contributed by atoms with Crippen molar-refractivity contribution in [1.82, 2.24) is 19.2 Å². The molecule has 2 aliphatic rings. The molecule has 1 saturated carbocycles. The van der Waals surface area contributed by atoms with E-state index in [4.69, 9.17) is 4.74 Å². The van der Waals surface area contributed by atoms with E-state index in [0.29, 0.717) is 24.9 Å². The van der Waals surface area contributed by atoms with Crippen LogP contribution in [0.5, 0.6) is 5.75 Å². The van der Waals surface area contributed by atoms with Gasteiger partial charge in [0.25, 0.3) is 5.91 Å². The number of amides is 1. The summed E-state index contributed by atoms with van der Waals surface area (Å²) in [6, 6.07) is 8.03. The number of likely N-dealkylation sites (tertiary alicyclic amines) is 1. The molecule has 27 heavy (non-hydrogen) atoms. The molecule has 1 aromatic heterocycles. The predicted octanol–water partition coefficient (Wildman–Crippen LogP) is 2.01. The SMILES string of the molecule is Cc1ccc(OCC(=O)N2CCC(c3nn(C)c(=O)n3C3CC3)CC2)cc1. The molecule has 0 radical (unpaired) electrons. The van der Waals surface area contributed by atoms with Crippen LogP contribution >= 0.6 is 0 Å². The Labute approximate surface area is 158 Å². The highest BCUT2D eigenvalue weighted by molar-refractivity contribution is 5.77. The lowest BCUT2D eigenvalue weighted by molar-refractivity contribution is -0.134. The highest BCUT2D eigenvalue weighted by atomic mass is 16.5. The average Bonchev–Trinajstić information content (AvgIpc) is 3.47. The van der Waals surface area contributed by atoms with Crippen molar-refractivity contribution in [2.45, 2.75) is 44.6 Å². The Hall–Kier alpha value is -2.57. The number of rotatable bonds is 5. The van der Waals surface area contributed by atoms with E-state index >= 15 is 0 Å². The van der Waals surface area contributed by atoms with E-state index in [0.717, 1.165) is 37.1 Å². The molecule has 0 N–H and O–H groups in total. The molecule has 1 aliphatic heterocycles. The highest BCUT2D eigenvalue weighted by Crippen LogP contribution is 2.37. The summed E-state index contributed by atoms with van der Waals surface area (Å²) in [6.07, 6.45) is 3.79. The Morgan fingerprint density at radius 2 is 1.81 bits per heavy atom. The lowest BCUT2D eigenvalue weighted by atomic mass is 9.96. The number of nitrogens with zero attached hydrogens (tertiary/aromatic N) is 4. The van der Waals surface area contributed by atoms with Crippen LogP contribution in [-0.4, -0.2) is 44.9 Å². The van der Waals surface area contributed by atoms with Gasteiger partial charge >= 0.3 is 5.69 Å². The zero-order chi connectivity index (χ0) is 19.0. The Bertz CT molecular complexity index is 872. The van der Waals surface area contributed by atoms with Crippen molar-refractivity contribution in [3.8, 4) is 5.75 Å². The van der Waals surface area contributed by atoms with Gasteiger partial charge in [-0.05, 0) is 44.7 Å². The van der Waals surface area contributed by atoms with E-state index in [9.17, 15) is 9.59 Å². The van der Waals surface area contributed by atoms with Gasteiger partial charge in [-0.15, -0.1) is 0 Å². The fraction of sp³-hybridized carbons (Fsp3) is 0.550. The third kappa shape index (κ3) is 3.77. The smallest absolute Gasteiger partial charge is 0.345 e. The molecule has 4 rings (SSSR count). The van der Waals surface area contributed by atoms with Gasteiger partial charge in [0.05, 0.1) is 0 Å². The van der Waals surface area contributed by atoms with Crippen molar-refractivity contribution >= 4 is 5.91 Å². The first-order chi connectivity index (χ1) is 13.0. The molecule has 0 unspecified atom stereocenters. The Morgan fingerprint density at radius 1 is 1.15 bits per heavy atom. The number of piperidine rings is 1. The minimum Gasteiger partial charge on any atom is -0.484 e. The van der Waals surface area contributed by atoms with Gasteiger partial charge in [0.2, 0.25) is 0 Å². The Kier molecular flexibility index (Phi) is 4.76. The normalized spacial score (nSPS) is 17.9. The summed E-state index contributed by atoms with van der Waals surface area (Å²) in [5.41, 5.74) is 1.15. The predicted molar refractivity (Wildman–Crippen MR) is 101 cm³/mol. The lowest BCUT2D eigenvalue weighted by Gasteiger charge is -2.31. The van der Waals surface area contributed by atoms with Crippen molar-refractivity contribution in [3.63, 3.8) is 0 Å². The number of aryl methyl sites for hydroxylation is 2. The molecule has 0 spiro atoms. The summed E-state index contributed by atoms with van der Waals surface area (Å²) in [5, 5.41) is 4.49. The van der Waals surface area contributed by atoms with Gasteiger partial charge in [-0.3, -0.25) is 9.36 Å². The quantitative estimate of drug-likeness (QED) is 0.807. The van der Waals surface area contributed by atoms with E-state index in [-0.39, 0.29) is 24.1 Å². The maximum Gasteiger partial charge on any atom is 0.345 e. The van der Waals surface area contributed by atoms with Crippen LogP contribution in [0.15, 0.2) is 29.1 Å². The van der Waals surface area contributed by atoms with Crippen LogP contribution in [0.3, 0.4) is 0 Å². The van der Waals surface area contributed by atoms with E-state index < -0.39 is 0 Å². The summed E-state index contributed by atoms with van der Waals surface area (Å²) in [5.74, 6) is 1.86. The molecule has 1 amide bonds. The monoisotopic (exact) mass is 370 g/mol. The third-order valence-corrected chi connectivity index (χ3v) is 5.49. The largest absolute Gasteiger partial charge is 0.484 e. The minimum atomic E-state index is -0.0162.